The van der Waals surface area contributed by atoms with E-state index in [1.807, 2.05) is 6.07 Å². The second-order valence-corrected chi connectivity index (χ2v) is 7.29. The lowest BCUT2D eigenvalue weighted by atomic mass is 9.86. The van der Waals surface area contributed by atoms with Crippen LogP contribution in [-0.4, -0.2) is 52.7 Å². The Hall–Kier alpha value is -2.38. The highest BCUT2D eigenvalue weighted by Crippen LogP contribution is 2.39. The molecule has 4 rings (SSSR count). The molecule has 0 N–H and O–H groups in total. The van der Waals surface area contributed by atoms with E-state index in [2.05, 4.69) is 9.97 Å². The summed E-state index contributed by atoms with van der Waals surface area (Å²) in [4.78, 5) is 22.1. The highest BCUT2D eigenvalue weighted by molar-refractivity contribution is 5.92. The SMILES string of the molecule is O=C(c1cnccn1)N1CC2(CC(CCOCc3cccc(F)c3)CO2)C1. The van der Waals surface area contributed by atoms with Gasteiger partial charge in [-0.25, -0.2) is 9.37 Å². The third kappa shape index (κ3) is 4.14. The van der Waals surface area contributed by atoms with Gasteiger partial charge in [0.25, 0.3) is 5.91 Å². The van der Waals surface area contributed by atoms with E-state index in [1.54, 1.807) is 17.2 Å². The summed E-state index contributed by atoms with van der Waals surface area (Å²) in [7, 11) is 0. The Labute approximate surface area is 157 Å². The van der Waals surface area contributed by atoms with Gasteiger partial charge in [-0.15, -0.1) is 0 Å². The number of benzene rings is 1. The van der Waals surface area contributed by atoms with Crippen LogP contribution in [0.4, 0.5) is 4.39 Å². The van der Waals surface area contributed by atoms with Crippen LogP contribution in [0.2, 0.25) is 0 Å². The van der Waals surface area contributed by atoms with Crippen LogP contribution in [0.25, 0.3) is 0 Å². The molecule has 2 aromatic rings. The number of ether oxygens (including phenoxy) is 2. The lowest BCUT2D eigenvalue weighted by Gasteiger charge is -2.47. The maximum Gasteiger partial charge on any atom is 0.274 e. The van der Waals surface area contributed by atoms with Crippen molar-refractivity contribution in [1.29, 1.82) is 0 Å². The van der Waals surface area contributed by atoms with Gasteiger partial charge in [0.1, 0.15) is 17.1 Å². The zero-order valence-corrected chi connectivity index (χ0v) is 15.0. The molecular formula is C20H22FN3O3. The van der Waals surface area contributed by atoms with Crippen molar-refractivity contribution < 1.29 is 18.7 Å². The summed E-state index contributed by atoms with van der Waals surface area (Å²) >= 11 is 0. The summed E-state index contributed by atoms with van der Waals surface area (Å²) in [5.41, 5.74) is 0.990. The van der Waals surface area contributed by atoms with Crippen molar-refractivity contribution >= 4 is 5.91 Å². The van der Waals surface area contributed by atoms with Gasteiger partial charge >= 0.3 is 0 Å². The molecule has 7 heteroatoms. The fourth-order valence-corrected chi connectivity index (χ4v) is 3.78. The molecule has 0 aliphatic carbocycles. The summed E-state index contributed by atoms with van der Waals surface area (Å²) in [6.07, 6.45) is 6.39. The molecule has 27 heavy (non-hydrogen) atoms. The van der Waals surface area contributed by atoms with Gasteiger partial charge in [0.15, 0.2) is 0 Å². The summed E-state index contributed by atoms with van der Waals surface area (Å²) in [5, 5.41) is 0. The molecule has 0 saturated carbocycles. The summed E-state index contributed by atoms with van der Waals surface area (Å²) in [5.74, 6) is 0.0817. The summed E-state index contributed by atoms with van der Waals surface area (Å²) < 4.78 is 24.8. The monoisotopic (exact) mass is 371 g/mol. The van der Waals surface area contributed by atoms with Gasteiger partial charge in [-0.3, -0.25) is 9.78 Å². The van der Waals surface area contributed by atoms with E-state index in [-0.39, 0.29) is 17.3 Å². The van der Waals surface area contributed by atoms with E-state index in [4.69, 9.17) is 9.47 Å². The molecule has 1 atom stereocenters. The molecule has 1 amide bonds. The van der Waals surface area contributed by atoms with Crippen LogP contribution in [0.5, 0.6) is 0 Å². The Bertz CT molecular complexity index is 796. The first kappa shape index (κ1) is 18.0. The van der Waals surface area contributed by atoms with Gasteiger partial charge < -0.3 is 14.4 Å². The van der Waals surface area contributed by atoms with E-state index < -0.39 is 0 Å². The van der Waals surface area contributed by atoms with Crippen LogP contribution in [0.3, 0.4) is 0 Å². The number of aromatic nitrogens is 2. The average Bonchev–Trinajstić information content (AvgIpc) is 3.09. The first-order chi connectivity index (χ1) is 13.1. The molecule has 2 fully saturated rings. The normalized spacial score (nSPS) is 20.6. The van der Waals surface area contributed by atoms with Crippen molar-refractivity contribution in [1.82, 2.24) is 14.9 Å². The van der Waals surface area contributed by atoms with Crippen LogP contribution in [0.1, 0.15) is 28.9 Å². The Morgan fingerprint density at radius 3 is 3.04 bits per heavy atom. The van der Waals surface area contributed by atoms with Crippen LogP contribution < -0.4 is 0 Å². The maximum absolute atomic E-state index is 13.1. The third-order valence-electron chi connectivity index (χ3n) is 5.14. The molecular weight excluding hydrogens is 349 g/mol. The Kier molecular flexibility index (Phi) is 5.13. The molecule has 1 aromatic carbocycles. The first-order valence-corrected chi connectivity index (χ1v) is 9.15. The number of hydrogen-bond acceptors (Lipinski definition) is 5. The fraction of sp³-hybridized carbons (Fsp3) is 0.450. The smallest absolute Gasteiger partial charge is 0.274 e. The van der Waals surface area contributed by atoms with Gasteiger partial charge in [0, 0.05) is 19.0 Å². The number of carbonyl (C=O) groups is 1. The van der Waals surface area contributed by atoms with E-state index in [0.29, 0.717) is 44.5 Å². The van der Waals surface area contributed by atoms with Gasteiger partial charge in [-0.2, -0.15) is 0 Å². The Morgan fingerprint density at radius 2 is 2.26 bits per heavy atom. The molecule has 2 aliphatic heterocycles. The van der Waals surface area contributed by atoms with Crippen molar-refractivity contribution in [2.45, 2.75) is 25.0 Å². The van der Waals surface area contributed by atoms with Crippen LogP contribution >= 0.6 is 0 Å². The van der Waals surface area contributed by atoms with Gasteiger partial charge in [-0.1, -0.05) is 12.1 Å². The standard InChI is InChI=1S/C20H22FN3O3/c21-17-3-1-2-15(8-17)11-26-7-4-16-9-20(27-12-16)13-24(14-20)19(25)18-10-22-5-6-23-18/h1-3,5-6,8,10,16H,4,7,9,11-14H2. The quantitative estimate of drug-likeness (QED) is 0.730. The summed E-state index contributed by atoms with van der Waals surface area (Å²) in [6.45, 7) is 2.92. The number of amides is 1. The minimum absolute atomic E-state index is 0.0980. The van der Waals surface area contributed by atoms with Crippen molar-refractivity contribution in [3.8, 4) is 0 Å². The zero-order chi connectivity index (χ0) is 18.7. The summed E-state index contributed by atoms with van der Waals surface area (Å²) in [6, 6.07) is 6.46. The molecule has 0 radical (unpaired) electrons. The molecule has 3 heterocycles. The highest BCUT2D eigenvalue weighted by Gasteiger charge is 2.51. The average molecular weight is 371 g/mol. The lowest BCUT2D eigenvalue weighted by molar-refractivity contribution is -0.0952. The van der Waals surface area contributed by atoms with Crippen molar-refractivity contribution in [2.75, 3.05) is 26.3 Å². The highest BCUT2D eigenvalue weighted by atomic mass is 19.1. The first-order valence-electron chi connectivity index (χ1n) is 9.15. The zero-order valence-electron chi connectivity index (χ0n) is 15.0. The number of halogens is 1. The topological polar surface area (TPSA) is 64.6 Å². The Balaban J connectivity index is 1.18. The molecule has 2 saturated heterocycles. The van der Waals surface area contributed by atoms with Crippen molar-refractivity contribution in [2.24, 2.45) is 5.92 Å². The molecule has 1 spiro atoms. The van der Waals surface area contributed by atoms with Gasteiger partial charge in [0.2, 0.25) is 0 Å². The number of carbonyl (C=O) groups excluding carboxylic acids is 1. The van der Waals surface area contributed by atoms with Gasteiger partial charge in [0.05, 0.1) is 32.5 Å². The number of nitrogens with zero attached hydrogens (tertiary/aromatic N) is 3. The molecule has 6 nitrogen and oxygen atoms in total. The fourth-order valence-electron chi connectivity index (χ4n) is 3.78. The maximum atomic E-state index is 13.1. The van der Waals surface area contributed by atoms with Crippen LogP contribution in [0.15, 0.2) is 42.9 Å². The second kappa shape index (κ2) is 7.70. The van der Waals surface area contributed by atoms with E-state index >= 15 is 0 Å². The van der Waals surface area contributed by atoms with E-state index in [9.17, 15) is 9.18 Å². The predicted molar refractivity (Wildman–Crippen MR) is 95.4 cm³/mol. The third-order valence-corrected chi connectivity index (χ3v) is 5.14. The predicted octanol–water partition coefficient (Wildman–Crippen LogP) is 2.45. The minimum Gasteiger partial charge on any atom is -0.377 e. The molecule has 2 aliphatic rings. The molecule has 1 unspecified atom stereocenters. The van der Waals surface area contributed by atoms with Crippen molar-refractivity contribution in [3.05, 3.63) is 59.9 Å². The van der Waals surface area contributed by atoms with E-state index in [0.717, 1.165) is 18.4 Å². The van der Waals surface area contributed by atoms with Crippen molar-refractivity contribution in [3.63, 3.8) is 0 Å². The van der Waals surface area contributed by atoms with Gasteiger partial charge in [-0.05, 0) is 36.5 Å². The number of hydrogen-bond donors (Lipinski definition) is 0. The van der Waals surface area contributed by atoms with E-state index in [1.165, 1.54) is 24.5 Å². The number of likely N-dealkylation sites (tertiary alicyclic amines) is 1. The molecule has 142 valence electrons. The van der Waals surface area contributed by atoms with Crippen LogP contribution in [-0.2, 0) is 16.1 Å². The lowest BCUT2D eigenvalue weighted by Crippen LogP contribution is -2.63. The van der Waals surface area contributed by atoms with Crippen LogP contribution in [0, 0.1) is 11.7 Å². The second-order valence-electron chi connectivity index (χ2n) is 7.29. The molecule has 0 bridgehead atoms. The largest absolute Gasteiger partial charge is 0.377 e. The number of rotatable bonds is 6. The minimum atomic E-state index is -0.243. The Morgan fingerprint density at radius 1 is 1.37 bits per heavy atom. The molecule has 1 aromatic heterocycles.